The van der Waals surface area contributed by atoms with Crippen molar-refractivity contribution in [2.75, 3.05) is 31.6 Å². The van der Waals surface area contributed by atoms with E-state index < -0.39 is 0 Å². The van der Waals surface area contributed by atoms with E-state index in [1.807, 2.05) is 11.8 Å². The first-order valence-corrected chi connectivity index (χ1v) is 8.49. The zero-order chi connectivity index (χ0) is 12.7. The standard InChI is InChI=1S/C14H30N2S/c1-12(2)9-14-11-16(13(3)10-15-14)7-5-6-8-17-4/h12-15H,5-11H2,1-4H3. The second-order valence-electron chi connectivity index (χ2n) is 5.78. The van der Waals surface area contributed by atoms with Crippen LogP contribution in [0.15, 0.2) is 0 Å². The van der Waals surface area contributed by atoms with Gasteiger partial charge in [-0.1, -0.05) is 13.8 Å². The summed E-state index contributed by atoms with van der Waals surface area (Å²) in [5.41, 5.74) is 0. The Morgan fingerprint density at radius 1 is 1.35 bits per heavy atom. The summed E-state index contributed by atoms with van der Waals surface area (Å²) in [6, 6.07) is 1.43. The van der Waals surface area contributed by atoms with Crippen molar-refractivity contribution in [3.05, 3.63) is 0 Å². The summed E-state index contributed by atoms with van der Waals surface area (Å²) >= 11 is 1.97. The molecule has 2 atom stereocenters. The Balaban J connectivity index is 2.25. The maximum Gasteiger partial charge on any atom is 0.0198 e. The van der Waals surface area contributed by atoms with Gasteiger partial charge >= 0.3 is 0 Å². The summed E-state index contributed by atoms with van der Waals surface area (Å²) in [4.78, 5) is 2.68. The number of nitrogens with zero attached hydrogens (tertiary/aromatic N) is 1. The van der Waals surface area contributed by atoms with Crippen LogP contribution in [0.3, 0.4) is 0 Å². The zero-order valence-corrected chi connectivity index (χ0v) is 12.9. The fraction of sp³-hybridized carbons (Fsp3) is 1.00. The molecule has 1 aliphatic heterocycles. The largest absolute Gasteiger partial charge is 0.311 e. The minimum Gasteiger partial charge on any atom is -0.311 e. The lowest BCUT2D eigenvalue weighted by Gasteiger charge is -2.39. The van der Waals surface area contributed by atoms with Gasteiger partial charge in [0.15, 0.2) is 0 Å². The van der Waals surface area contributed by atoms with Crippen molar-refractivity contribution in [2.24, 2.45) is 5.92 Å². The highest BCUT2D eigenvalue weighted by Crippen LogP contribution is 2.14. The molecule has 0 aromatic heterocycles. The van der Waals surface area contributed by atoms with E-state index in [9.17, 15) is 0 Å². The molecule has 2 unspecified atom stereocenters. The average molecular weight is 258 g/mol. The first-order chi connectivity index (χ1) is 8.13. The van der Waals surface area contributed by atoms with Crippen LogP contribution in [0.5, 0.6) is 0 Å². The molecule has 0 radical (unpaired) electrons. The zero-order valence-electron chi connectivity index (χ0n) is 12.0. The molecule has 1 saturated heterocycles. The van der Waals surface area contributed by atoms with E-state index in [1.54, 1.807) is 0 Å². The minimum atomic E-state index is 0.715. The van der Waals surface area contributed by atoms with Crippen molar-refractivity contribution in [1.29, 1.82) is 0 Å². The Morgan fingerprint density at radius 3 is 2.76 bits per heavy atom. The summed E-state index contributed by atoms with van der Waals surface area (Å²) in [5.74, 6) is 2.12. The second kappa shape index (κ2) is 8.39. The maximum atomic E-state index is 3.69. The molecular formula is C14H30N2S. The van der Waals surface area contributed by atoms with Gasteiger partial charge in [-0.15, -0.1) is 0 Å². The Kier molecular flexibility index (Phi) is 7.56. The maximum absolute atomic E-state index is 3.69. The van der Waals surface area contributed by atoms with Crippen molar-refractivity contribution >= 4 is 11.8 Å². The van der Waals surface area contributed by atoms with Crippen molar-refractivity contribution in [1.82, 2.24) is 10.2 Å². The topological polar surface area (TPSA) is 15.3 Å². The third kappa shape index (κ3) is 6.12. The van der Waals surface area contributed by atoms with Crippen LogP contribution < -0.4 is 5.32 Å². The van der Waals surface area contributed by atoms with E-state index in [-0.39, 0.29) is 0 Å². The van der Waals surface area contributed by atoms with Gasteiger partial charge in [0.2, 0.25) is 0 Å². The van der Waals surface area contributed by atoms with Crippen LogP contribution in [-0.4, -0.2) is 48.6 Å². The Labute approximate surface area is 112 Å². The molecule has 0 aromatic carbocycles. The molecule has 1 fully saturated rings. The molecule has 1 N–H and O–H groups in total. The van der Waals surface area contributed by atoms with Crippen LogP contribution in [0.1, 0.15) is 40.0 Å². The van der Waals surface area contributed by atoms with Crippen molar-refractivity contribution in [3.8, 4) is 0 Å². The molecule has 17 heavy (non-hydrogen) atoms. The summed E-state index contributed by atoms with van der Waals surface area (Å²) in [7, 11) is 0. The molecule has 3 heteroatoms. The summed E-state index contributed by atoms with van der Waals surface area (Å²) in [5, 5.41) is 3.69. The Morgan fingerprint density at radius 2 is 2.12 bits per heavy atom. The average Bonchev–Trinajstić information content (AvgIpc) is 2.28. The number of rotatable bonds is 7. The van der Waals surface area contributed by atoms with Crippen LogP contribution in [0.2, 0.25) is 0 Å². The van der Waals surface area contributed by atoms with E-state index >= 15 is 0 Å². The van der Waals surface area contributed by atoms with E-state index in [0.29, 0.717) is 12.1 Å². The number of hydrogen-bond acceptors (Lipinski definition) is 3. The SMILES string of the molecule is CSCCCCN1CC(CC(C)C)NCC1C. The van der Waals surface area contributed by atoms with Gasteiger partial charge in [-0.05, 0) is 50.7 Å². The van der Waals surface area contributed by atoms with Gasteiger partial charge in [-0.2, -0.15) is 11.8 Å². The summed E-state index contributed by atoms with van der Waals surface area (Å²) in [6.45, 7) is 10.7. The number of unbranched alkanes of at least 4 members (excludes halogenated alkanes) is 1. The van der Waals surface area contributed by atoms with E-state index in [2.05, 4.69) is 37.2 Å². The summed E-state index contributed by atoms with van der Waals surface area (Å²) < 4.78 is 0. The van der Waals surface area contributed by atoms with Gasteiger partial charge in [-0.25, -0.2) is 0 Å². The molecule has 0 aromatic rings. The highest BCUT2D eigenvalue weighted by Gasteiger charge is 2.24. The lowest BCUT2D eigenvalue weighted by atomic mass is 10.00. The minimum absolute atomic E-state index is 0.715. The van der Waals surface area contributed by atoms with E-state index in [1.165, 1.54) is 44.6 Å². The predicted octanol–water partition coefficient (Wildman–Crippen LogP) is 2.84. The molecule has 0 aliphatic carbocycles. The molecule has 0 amide bonds. The quantitative estimate of drug-likeness (QED) is 0.707. The highest BCUT2D eigenvalue weighted by atomic mass is 32.2. The molecule has 0 spiro atoms. The van der Waals surface area contributed by atoms with Crippen LogP contribution in [-0.2, 0) is 0 Å². The fourth-order valence-electron chi connectivity index (χ4n) is 2.59. The molecule has 1 heterocycles. The molecule has 102 valence electrons. The normalized spacial score (nSPS) is 26.6. The van der Waals surface area contributed by atoms with Crippen LogP contribution >= 0.6 is 11.8 Å². The monoisotopic (exact) mass is 258 g/mol. The Hall–Kier alpha value is 0.270. The second-order valence-corrected chi connectivity index (χ2v) is 6.76. The van der Waals surface area contributed by atoms with Gasteiger partial charge in [0.25, 0.3) is 0 Å². The lowest BCUT2D eigenvalue weighted by molar-refractivity contribution is 0.130. The molecular weight excluding hydrogens is 228 g/mol. The van der Waals surface area contributed by atoms with Gasteiger partial charge in [0.05, 0.1) is 0 Å². The van der Waals surface area contributed by atoms with E-state index in [0.717, 1.165) is 5.92 Å². The molecule has 1 rings (SSSR count). The Bertz CT molecular complexity index is 197. The lowest BCUT2D eigenvalue weighted by Crippen LogP contribution is -2.55. The summed E-state index contributed by atoms with van der Waals surface area (Å²) in [6.07, 6.45) is 6.24. The predicted molar refractivity (Wildman–Crippen MR) is 79.9 cm³/mol. The molecule has 0 bridgehead atoms. The van der Waals surface area contributed by atoms with Gasteiger partial charge in [0.1, 0.15) is 0 Å². The van der Waals surface area contributed by atoms with Crippen molar-refractivity contribution < 1.29 is 0 Å². The number of piperazine rings is 1. The molecule has 0 saturated carbocycles. The van der Waals surface area contributed by atoms with Gasteiger partial charge in [0, 0.05) is 25.2 Å². The van der Waals surface area contributed by atoms with Crippen molar-refractivity contribution in [3.63, 3.8) is 0 Å². The first kappa shape index (κ1) is 15.3. The van der Waals surface area contributed by atoms with Crippen LogP contribution in [0, 0.1) is 5.92 Å². The van der Waals surface area contributed by atoms with Gasteiger partial charge in [-0.3, -0.25) is 4.90 Å². The van der Waals surface area contributed by atoms with E-state index in [4.69, 9.17) is 0 Å². The van der Waals surface area contributed by atoms with Crippen molar-refractivity contribution in [2.45, 2.75) is 52.1 Å². The number of thioether (sulfide) groups is 1. The number of nitrogens with one attached hydrogen (secondary N) is 1. The first-order valence-electron chi connectivity index (χ1n) is 7.09. The molecule has 2 nitrogen and oxygen atoms in total. The van der Waals surface area contributed by atoms with Gasteiger partial charge < -0.3 is 5.32 Å². The fourth-order valence-corrected chi connectivity index (χ4v) is 3.09. The third-order valence-electron chi connectivity index (χ3n) is 3.58. The number of hydrogen-bond donors (Lipinski definition) is 1. The molecule has 1 aliphatic rings. The highest BCUT2D eigenvalue weighted by molar-refractivity contribution is 7.98. The van der Waals surface area contributed by atoms with Crippen LogP contribution in [0.4, 0.5) is 0 Å². The third-order valence-corrected chi connectivity index (χ3v) is 4.28. The smallest absolute Gasteiger partial charge is 0.0198 e. The van der Waals surface area contributed by atoms with Crippen LogP contribution in [0.25, 0.3) is 0 Å².